The number of carbonyl (C=O) groups excluding carboxylic acids is 2. The molecule has 0 bridgehead atoms. The summed E-state index contributed by atoms with van der Waals surface area (Å²) < 4.78 is 12.7. The summed E-state index contributed by atoms with van der Waals surface area (Å²) in [5.41, 5.74) is 3.01. The minimum absolute atomic E-state index is 0.133. The van der Waals surface area contributed by atoms with E-state index in [0.717, 1.165) is 36.3 Å². The first-order valence-corrected chi connectivity index (χ1v) is 21.7. The molecule has 0 radical (unpaired) electrons. The Morgan fingerprint density at radius 3 is 2.33 bits per heavy atom. The molecule has 1 aromatic heterocycles. The van der Waals surface area contributed by atoms with Gasteiger partial charge in [-0.3, -0.25) is 0 Å². The van der Waals surface area contributed by atoms with Crippen molar-refractivity contribution in [1.29, 1.82) is 0 Å². The number of amides is 1. The number of hydrogen-bond acceptors (Lipinski definition) is 4. The van der Waals surface area contributed by atoms with E-state index in [4.69, 9.17) is 4.74 Å². The number of nitrogens with zero attached hydrogens (tertiary/aromatic N) is 3. The van der Waals surface area contributed by atoms with E-state index in [-0.39, 0.29) is 11.9 Å². The van der Waals surface area contributed by atoms with Gasteiger partial charge in [-0.05, 0) is 0 Å². The summed E-state index contributed by atoms with van der Waals surface area (Å²) >= 11 is -2.93. The summed E-state index contributed by atoms with van der Waals surface area (Å²) in [6.07, 6.45) is 10.9. The second-order valence-electron chi connectivity index (χ2n) is 10.5. The van der Waals surface area contributed by atoms with Crippen LogP contribution in [-0.4, -0.2) is 57.9 Å². The Bertz CT molecular complexity index is 1060. The van der Waals surface area contributed by atoms with Crippen molar-refractivity contribution in [3.05, 3.63) is 41.5 Å². The van der Waals surface area contributed by atoms with Crippen molar-refractivity contribution >= 4 is 33.8 Å². The molecule has 0 saturated carbocycles. The van der Waals surface area contributed by atoms with Crippen LogP contribution in [0.3, 0.4) is 0 Å². The van der Waals surface area contributed by atoms with Gasteiger partial charge in [0.25, 0.3) is 0 Å². The second-order valence-corrected chi connectivity index (χ2v) is 23.6. The number of imidazole rings is 1. The molecule has 6 nitrogen and oxygen atoms in total. The van der Waals surface area contributed by atoms with Crippen LogP contribution < -0.4 is 3.58 Å². The number of esters is 1. The molecule has 1 amide bonds. The summed E-state index contributed by atoms with van der Waals surface area (Å²) in [4.78, 5) is 33.8. The van der Waals surface area contributed by atoms with Gasteiger partial charge in [0.2, 0.25) is 0 Å². The molecular weight excluding hydrogens is 557 g/mol. The van der Waals surface area contributed by atoms with Crippen LogP contribution in [0.2, 0.25) is 13.3 Å². The number of rotatable bonds is 12. The first-order valence-electron chi connectivity index (χ1n) is 14.2. The molecule has 36 heavy (non-hydrogen) atoms. The van der Waals surface area contributed by atoms with E-state index in [1.807, 2.05) is 11.8 Å². The summed E-state index contributed by atoms with van der Waals surface area (Å²) in [5, 5.41) is 0. The fourth-order valence-electron chi connectivity index (χ4n) is 6.39. The van der Waals surface area contributed by atoms with Gasteiger partial charge in [-0.1, -0.05) is 0 Å². The standard InChI is InChI=1S/C17H16N3O3.3C4H9.Sn/c1-2-23-17(22)14-15-13-8-5-9-19(13)16(21)11-6-3-4-7-12(11)20(15)10-18-14;3*1-3-4-2;/h3-4,7,10,13H,2,5,8-9H2,1H3;3*1,3-4H2,2H3;/t13-;;;;/m0..../s1. The number of ether oxygens (including phenoxy) is 1. The van der Waals surface area contributed by atoms with E-state index in [1.165, 1.54) is 55.4 Å². The van der Waals surface area contributed by atoms with Crippen molar-refractivity contribution in [1.82, 2.24) is 14.5 Å². The SMILES string of the molecule is CCC[CH2][Sn]([CH2]CCC)([CH2]CCC)[c]1cccc2c1C(=O)N1CCC[C@H]1c1c(C(=O)OCC)ncn1-2. The molecule has 0 unspecified atom stereocenters. The maximum absolute atomic E-state index is 14.4. The quantitative estimate of drug-likeness (QED) is 0.209. The third-order valence-corrected chi connectivity index (χ3v) is 23.9. The molecule has 4 rings (SSSR count). The van der Waals surface area contributed by atoms with Crippen molar-refractivity contribution in [2.24, 2.45) is 0 Å². The molecule has 7 heteroatoms. The Morgan fingerprint density at radius 2 is 1.72 bits per heavy atom. The molecule has 196 valence electrons. The predicted octanol–water partition coefficient (Wildman–Crippen LogP) is 6.40. The van der Waals surface area contributed by atoms with Crippen LogP contribution in [0.4, 0.5) is 0 Å². The Balaban J connectivity index is 1.95. The molecule has 1 atom stereocenters. The third kappa shape index (κ3) is 4.99. The molecular formula is C29H43N3O3Sn. The van der Waals surface area contributed by atoms with Crippen LogP contribution in [-0.2, 0) is 4.74 Å². The summed E-state index contributed by atoms with van der Waals surface area (Å²) in [5.74, 6) is -0.236. The zero-order chi connectivity index (χ0) is 25.7. The van der Waals surface area contributed by atoms with E-state index in [9.17, 15) is 9.59 Å². The Hall–Kier alpha value is -1.83. The molecule has 1 aromatic carbocycles. The Labute approximate surface area is 220 Å². The summed E-state index contributed by atoms with van der Waals surface area (Å²) in [6, 6.07) is 6.40. The van der Waals surface area contributed by atoms with Crippen LogP contribution in [0.5, 0.6) is 0 Å². The number of unbranched alkanes of at least 4 members (excludes halogenated alkanes) is 3. The van der Waals surface area contributed by atoms with E-state index in [0.29, 0.717) is 12.3 Å². The average molecular weight is 600 g/mol. The second kappa shape index (κ2) is 12.1. The molecule has 1 fully saturated rings. The number of benzene rings is 1. The number of fused-ring (bicyclic) bond motifs is 5. The number of hydrogen-bond donors (Lipinski definition) is 0. The summed E-state index contributed by atoms with van der Waals surface area (Å²) in [6.45, 7) is 9.72. The fourth-order valence-corrected chi connectivity index (χ4v) is 23.1. The molecule has 0 aliphatic carbocycles. The van der Waals surface area contributed by atoms with Gasteiger partial charge in [0.1, 0.15) is 0 Å². The Morgan fingerprint density at radius 1 is 1.06 bits per heavy atom. The maximum atomic E-state index is 14.4. The van der Waals surface area contributed by atoms with Crippen LogP contribution in [0.25, 0.3) is 5.69 Å². The number of carbonyl (C=O) groups is 2. The zero-order valence-corrected chi connectivity index (χ0v) is 25.5. The van der Waals surface area contributed by atoms with Gasteiger partial charge < -0.3 is 0 Å². The Kier molecular flexibility index (Phi) is 9.18. The van der Waals surface area contributed by atoms with E-state index >= 15 is 0 Å². The molecule has 3 heterocycles. The van der Waals surface area contributed by atoms with Gasteiger partial charge >= 0.3 is 221 Å². The zero-order valence-electron chi connectivity index (χ0n) is 22.6. The van der Waals surface area contributed by atoms with E-state index in [2.05, 4.69) is 48.5 Å². The molecule has 2 aromatic rings. The van der Waals surface area contributed by atoms with Gasteiger partial charge in [0, 0.05) is 0 Å². The fraction of sp³-hybridized carbons (Fsp3) is 0.621. The van der Waals surface area contributed by atoms with Gasteiger partial charge in [-0.15, -0.1) is 0 Å². The predicted molar refractivity (Wildman–Crippen MR) is 147 cm³/mol. The topological polar surface area (TPSA) is 64.4 Å². The van der Waals surface area contributed by atoms with Crippen LogP contribution in [0, 0.1) is 0 Å². The van der Waals surface area contributed by atoms with Gasteiger partial charge in [0.05, 0.1) is 0 Å². The van der Waals surface area contributed by atoms with Gasteiger partial charge in [-0.2, -0.15) is 0 Å². The monoisotopic (exact) mass is 601 g/mol. The molecule has 0 spiro atoms. The van der Waals surface area contributed by atoms with E-state index < -0.39 is 24.3 Å². The van der Waals surface area contributed by atoms with E-state index in [1.54, 1.807) is 6.33 Å². The molecule has 2 aliphatic heterocycles. The minimum atomic E-state index is -2.93. The van der Waals surface area contributed by atoms with Crippen molar-refractivity contribution in [3.8, 4) is 5.69 Å². The van der Waals surface area contributed by atoms with Crippen molar-refractivity contribution in [2.45, 2.75) is 98.4 Å². The van der Waals surface area contributed by atoms with Crippen LogP contribution in [0.15, 0.2) is 24.5 Å². The van der Waals surface area contributed by atoms with Crippen molar-refractivity contribution in [2.75, 3.05) is 13.2 Å². The van der Waals surface area contributed by atoms with Gasteiger partial charge in [0.15, 0.2) is 0 Å². The van der Waals surface area contributed by atoms with Crippen molar-refractivity contribution in [3.63, 3.8) is 0 Å². The third-order valence-electron chi connectivity index (χ3n) is 8.22. The first-order chi connectivity index (χ1) is 17.5. The van der Waals surface area contributed by atoms with Crippen LogP contribution in [0.1, 0.15) is 112 Å². The average Bonchev–Trinajstić information content (AvgIpc) is 3.53. The molecule has 2 aliphatic rings. The van der Waals surface area contributed by atoms with Crippen LogP contribution >= 0.6 is 0 Å². The normalized spacial score (nSPS) is 16.9. The van der Waals surface area contributed by atoms with Crippen molar-refractivity contribution < 1.29 is 14.3 Å². The summed E-state index contributed by atoms with van der Waals surface area (Å²) in [7, 11) is 0. The first kappa shape index (κ1) is 27.2. The molecule has 1 saturated heterocycles. The van der Waals surface area contributed by atoms with Gasteiger partial charge in [-0.25, -0.2) is 0 Å². The number of aromatic nitrogens is 2. The molecule has 0 N–H and O–H groups in total.